The summed E-state index contributed by atoms with van der Waals surface area (Å²) in [6, 6.07) is 17.4. The van der Waals surface area contributed by atoms with Crippen LogP contribution < -0.4 is 10.6 Å². The lowest BCUT2D eigenvalue weighted by Crippen LogP contribution is -2.15. The zero-order valence-electron chi connectivity index (χ0n) is 13.8. The van der Waals surface area contributed by atoms with Crippen molar-refractivity contribution in [1.29, 1.82) is 0 Å². The van der Waals surface area contributed by atoms with Crippen LogP contribution in [0.3, 0.4) is 0 Å². The molecule has 0 aliphatic heterocycles. The molecule has 0 radical (unpaired) electrons. The molecule has 0 aliphatic rings. The number of hydrogen-bond donors (Lipinski definition) is 2. The number of rotatable bonds is 5. The number of carbonyl (C=O) groups excluding carboxylic acids is 1. The predicted octanol–water partition coefficient (Wildman–Crippen LogP) is 4.45. The maximum atomic E-state index is 12.9. The number of amides is 1. The first kappa shape index (κ1) is 16.6. The number of anilines is 3. The van der Waals surface area contributed by atoms with Gasteiger partial charge in [0.05, 0.1) is 18.3 Å². The third kappa shape index (κ3) is 4.64. The Morgan fingerprint density at radius 3 is 2.48 bits per heavy atom. The van der Waals surface area contributed by atoms with E-state index in [-0.39, 0.29) is 18.1 Å². The van der Waals surface area contributed by atoms with Gasteiger partial charge in [-0.15, -0.1) is 0 Å². The van der Waals surface area contributed by atoms with Gasteiger partial charge in [0.1, 0.15) is 11.6 Å². The minimum absolute atomic E-state index is 0.172. The Bertz CT molecular complexity index is 861. The fraction of sp³-hybridized carbons (Fsp3) is 0.100. The van der Waals surface area contributed by atoms with E-state index in [1.165, 1.54) is 12.1 Å². The van der Waals surface area contributed by atoms with Crippen LogP contribution in [0.5, 0.6) is 0 Å². The summed E-state index contributed by atoms with van der Waals surface area (Å²) in [4.78, 5) is 16.3. The minimum atomic E-state index is -0.317. The number of aryl methyl sites for hydroxylation is 1. The van der Waals surface area contributed by atoms with Crippen LogP contribution in [-0.4, -0.2) is 10.9 Å². The third-order valence-corrected chi connectivity index (χ3v) is 3.73. The van der Waals surface area contributed by atoms with E-state index < -0.39 is 0 Å². The quantitative estimate of drug-likeness (QED) is 0.724. The van der Waals surface area contributed by atoms with Crippen molar-refractivity contribution in [1.82, 2.24) is 4.98 Å². The van der Waals surface area contributed by atoms with Crippen LogP contribution in [0.25, 0.3) is 0 Å². The molecule has 0 saturated carbocycles. The highest BCUT2D eigenvalue weighted by molar-refractivity contribution is 5.91. The summed E-state index contributed by atoms with van der Waals surface area (Å²) in [6.45, 7) is 2.03. The van der Waals surface area contributed by atoms with E-state index >= 15 is 0 Å². The Kier molecular flexibility index (Phi) is 5.04. The molecule has 1 aromatic heterocycles. The fourth-order valence-corrected chi connectivity index (χ4v) is 2.39. The number of benzene rings is 2. The molecular formula is C20H18FN3O. The van der Waals surface area contributed by atoms with E-state index in [4.69, 9.17) is 0 Å². The topological polar surface area (TPSA) is 54.0 Å². The number of hydrogen-bond acceptors (Lipinski definition) is 3. The summed E-state index contributed by atoms with van der Waals surface area (Å²) in [5.41, 5.74) is 3.74. The van der Waals surface area contributed by atoms with Gasteiger partial charge in [0.15, 0.2) is 0 Å². The SMILES string of the molecule is Cc1ccccc1Nc1ccc(NC(=O)Cc2ccc(F)cc2)nc1. The lowest BCUT2D eigenvalue weighted by molar-refractivity contribution is -0.115. The predicted molar refractivity (Wildman–Crippen MR) is 97.4 cm³/mol. The molecule has 5 heteroatoms. The Hall–Kier alpha value is -3.21. The average molecular weight is 335 g/mol. The number of carbonyl (C=O) groups is 1. The molecule has 3 rings (SSSR count). The number of aromatic nitrogens is 1. The van der Waals surface area contributed by atoms with Gasteiger partial charge in [-0.05, 0) is 48.4 Å². The maximum Gasteiger partial charge on any atom is 0.229 e. The second kappa shape index (κ2) is 7.57. The molecule has 126 valence electrons. The number of nitrogens with one attached hydrogen (secondary N) is 2. The molecule has 2 N–H and O–H groups in total. The Labute approximate surface area is 145 Å². The normalized spacial score (nSPS) is 10.3. The molecule has 3 aromatic rings. The van der Waals surface area contributed by atoms with Crippen molar-refractivity contribution >= 4 is 23.1 Å². The standard InChI is InChI=1S/C20H18FN3O/c1-14-4-2-3-5-18(14)23-17-10-11-19(22-13-17)24-20(25)12-15-6-8-16(21)9-7-15/h2-11,13,23H,12H2,1H3,(H,22,24,25). The lowest BCUT2D eigenvalue weighted by Gasteiger charge is -2.10. The lowest BCUT2D eigenvalue weighted by atomic mass is 10.1. The van der Waals surface area contributed by atoms with Crippen molar-refractivity contribution in [2.75, 3.05) is 10.6 Å². The highest BCUT2D eigenvalue weighted by atomic mass is 19.1. The number of pyridine rings is 1. The van der Waals surface area contributed by atoms with E-state index in [0.29, 0.717) is 5.82 Å². The fourth-order valence-electron chi connectivity index (χ4n) is 2.39. The van der Waals surface area contributed by atoms with Crippen LogP contribution in [0.1, 0.15) is 11.1 Å². The Balaban J connectivity index is 1.59. The first-order valence-corrected chi connectivity index (χ1v) is 7.93. The average Bonchev–Trinajstić information content (AvgIpc) is 2.61. The van der Waals surface area contributed by atoms with Crippen molar-refractivity contribution in [2.24, 2.45) is 0 Å². The first-order valence-electron chi connectivity index (χ1n) is 7.93. The molecule has 0 saturated heterocycles. The molecule has 0 spiro atoms. The second-order valence-electron chi connectivity index (χ2n) is 5.72. The van der Waals surface area contributed by atoms with Gasteiger partial charge in [-0.3, -0.25) is 4.79 Å². The van der Waals surface area contributed by atoms with Gasteiger partial charge < -0.3 is 10.6 Å². The molecule has 1 heterocycles. The number of para-hydroxylation sites is 1. The van der Waals surface area contributed by atoms with E-state index in [0.717, 1.165) is 22.5 Å². The smallest absolute Gasteiger partial charge is 0.229 e. The Morgan fingerprint density at radius 1 is 1.04 bits per heavy atom. The number of halogens is 1. The summed E-state index contributed by atoms with van der Waals surface area (Å²) < 4.78 is 12.9. The van der Waals surface area contributed by atoms with Crippen LogP contribution in [0.4, 0.5) is 21.6 Å². The largest absolute Gasteiger partial charge is 0.354 e. The van der Waals surface area contributed by atoms with Crippen LogP contribution in [0.2, 0.25) is 0 Å². The first-order chi connectivity index (χ1) is 12.1. The van der Waals surface area contributed by atoms with Crippen LogP contribution in [-0.2, 0) is 11.2 Å². The molecule has 0 unspecified atom stereocenters. The molecule has 25 heavy (non-hydrogen) atoms. The summed E-state index contributed by atoms with van der Waals surface area (Å²) in [7, 11) is 0. The number of nitrogens with zero attached hydrogens (tertiary/aromatic N) is 1. The van der Waals surface area contributed by atoms with Gasteiger partial charge in [-0.1, -0.05) is 30.3 Å². The van der Waals surface area contributed by atoms with E-state index in [1.807, 2.05) is 37.3 Å². The van der Waals surface area contributed by atoms with Gasteiger partial charge in [0, 0.05) is 5.69 Å². The van der Waals surface area contributed by atoms with Gasteiger partial charge in [-0.2, -0.15) is 0 Å². The monoisotopic (exact) mass is 335 g/mol. The highest BCUT2D eigenvalue weighted by Crippen LogP contribution is 2.20. The van der Waals surface area contributed by atoms with Crippen molar-refractivity contribution in [3.63, 3.8) is 0 Å². The zero-order chi connectivity index (χ0) is 17.6. The van der Waals surface area contributed by atoms with Crippen molar-refractivity contribution in [3.05, 3.63) is 83.8 Å². The molecule has 0 fully saturated rings. The van der Waals surface area contributed by atoms with Crippen LogP contribution >= 0.6 is 0 Å². The Morgan fingerprint density at radius 2 is 1.80 bits per heavy atom. The maximum absolute atomic E-state index is 12.9. The van der Waals surface area contributed by atoms with Gasteiger partial charge in [0.25, 0.3) is 0 Å². The summed E-state index contributed by atoms with van der Waals surface area (Å²) in [5, 5.41) is 6.02. The molecule has 0 aliphatic carbocycles. The van der Waals surface area contributed by atoms with Crippen molar-refractivity contribution in [3.8, 4) is 0 Å². The third-order valence-electron chi connectivity index (χ3n) is 3.73. The van der Waals surface area contributed by atoms with Crippen molar-refractivity contribution < 1.29 is 9.18 Å². The molecule has 0 bridgehead atoms. The molecule has 1 amide bonds. The second-order valence-corrected chi connectivity index (χ2v) is 5.72. The van der Waals surface area contributed by atoms with Crippen LogP contribution in [0.15, 0.2) is 66.9 Å². The molecular weight excluding hydrogens is 317 g/mol. The zero-order valence-corrected chi connectivity index (χ0v) is 13.8. The highest BCUT2D eigenvalue weighted by Gasteiger charge is 2.06. The summed E-state index contributed by atoms with van der Waals surface area (Å²) in [6.07, 6.45) is 1.84. The molecule has 0 atom stereocenters. The van der Waals surface area contributed by atoms with Gasteiger partial charge in [0.2, 0.25) is 5.91 Å². The molecule has 2 aromatic carbocycles. The van der Waals surface area contributed by atoms with E-state index in [1.54, 1.807) is 24.4 Å². The van der Waals surface area contributed by atoms with Gasteiger partial charge >= 0.3 is 0 Å². The van der Waals surface area contributed by atoms with Gasteiger partial charge in [-0.25, -0.2) is 9.37 Å². The van der Waals surface area contributed by atoms with Crippen LogP contribution in [0, 0.1) is 12.7 Å². The summed E-state index contributed by atoms with van der Waals surface area (Å²) in [5.74, 6) is -0.0382. The van der Waals surface area contributed by atoms with E-state index in [9.17, 15) is 9.18 Å². The molecule has 4 nitrogen and oxygen atoms in total. The van der Waals surface area contributed by atoms with E-state index in [2.05, 4.69) is 15.6 Å². The summed E-state index contributed by atoms with van der Waals surface area (Å²) >= 11 is 0. The minimum Gasteiger partial charge on any atom is -0.354 e. The van der Waals surface area contributed by atoms with Crippen molar-refractivity contribution in [2.45, 2.75) is 13.3 Å².